The van der Waals surface area contributed by atoms with Crippen molar-refractivity contribution in [3.8, 4) is 0 Å². The first-order valence-corrected chi connectivity index (χ1v) is 14.5. The molecule has 0 heterocycles. The third-order valence-electron chi connectivity index (χ3n) is 5.96. The molecule has 1 N–H and O–H groups in total. The lowest BCUT2D eigenvalue weighted by atomic mass is 10.1. The van der Waals surface area contributed by atoms with E-state index in [1.165, 1.54) is 55.5 Å². The minimum Gasteiger partial charge on any atom is -0.354 e. The predicted octanol–water partition coefficient (Wildman–Crippen LogP) is 5.52. The summed E-state index contributed by atoms with van der Waals surface area (Å²) in [6.45, 7) is 4.76. The number of nitrogens with zero attached hydrogens (tertiary/aromatic N) is 2. The van der Waals surface area contributed by atoms with E-state index in [0.717, 1.165) is 9.21 Å². The number of hydrogen-bond acceptors (Lipinski definition) is 4. The Morgan fingerprint density at radius 2 is 1.56 bits per heavy atom. The first-order valence-electron chi connectivity index (χ1n) is 12.3. The van der Waals surface area contributed by atoms with E-state index in [0.29, 0.717) is 6.54 Å². The number of nitrogens with one attached hydrogen (secondary N) is 1. The van der Waals surface area contributed by atoms with Gasteiger partial charge in [-0.1, -0.05) is 79.5 Å². The molecule has 0 aliphatic carbocycles. The lowest BCUT2D eigenvalue weighted by Crippen LogP contribution is -2.51. The highest BCUT2D eigenvalue weighted by Crippen LogP contribution is 2.35. The largest absolute Gasteiger partial charge is 0.354 e. The van der Waals surface area contributed by atoms with Gasteiger partial charge >= 0.3 is 0 Å². The first kappa shape index (κ1) is 30.4. The van der Waals surface area contributed by atoms with Crippen LogP contribution < -0.4 is 9.62 Å². The van der Waals surface area contributed by atoms with E-state index in [1.54, 1.807) is 24.3 Å². The molecule has 3 aromatic rings. The second-order valence-corrected chi connectivity index (χ2v) is 12.0. The molecule has 0 unspecified atom stereocenters. The number of hydrogen-bond donors (Lipinski definition) is 1. The van der Waals surface area contributed by atoms with E-state index in [9.17, 15) is 22.4 Å². The molecule has 39 heavy (non-hydrogen) atoms. The summed E-state index contributed by atoms with van der Waals surface area (Å²) in [5.41, 5.74) is 0.164. The van der Waals surface area contributed by atoms with E-state index in [2.05, 4.69) is 5.32 Å². The molecule has 0 bridgehead atoms. The number of halogens is 3. The van der Waals surface area contributed by atoms with Crippen LogP contribution in [0.2, 0.25) is 10.0 Å². The highest BCUT2D eigenvalue weighted by molar-refractivity contribution is 7.92. The van der Waals surface area contributed by atoms with Crippen molar-refractivity contribution in [2.75, 3.05) is 17.4 Å². The molecule has 0 aliphatic heterocycles. The zero-order valence-corrected chi connectivity index (χ0v) is 24.1. The van der Waals surface area contributed by atoms with Crippen molar-refractivity contribution in [3.05, 3.63) is 94.2 Å². The summed E-state index contributed by atoms with van der Waals surface area (Å²) in [6.07, 6.45) is 0. The Bertz CT molecular complexity index is 1420. The Hall–Kier alpha value is -3.14. The summed E-state index contributed by atoms with van der Waals surface area (Å²) in [4.78, 5) is 27.9. The topological polar surface area (TPSA) is 86.8 Å². The van der Waals surface area contributed by atoms with Crippen molar-refractivity contribution in [2.24, 2.45) is 5.92 Å². The fourth-order valence-electron chi connectivity index (χ4n) is 3.76. The van der Waals surface area contributed by atoms with Crippen LogP contribution in [-0.4, -0.2) is 44.3 Å². The number of amides is 2. The molecule has 208 valence electrons. The molecule has 7 nitrogen and oxygen atoms in total. The highest BCUT2D eigenvalue weighted by atomic mass is 35.5. The van der Waals surface area contributed by atoms with Gasteiger partial charge in [0.25, 0.3) is 10.0 Å². The van der Waals surface area contributed by atoms with Gasteiger partial charge in [0.1, 0.15) is 18.4 Å². The van der Waals surface area contributed by atoms with E-state index < -0.39 is 40.2 Å². The average molecular weight is 595 g/mol. The third-order valence-corrected chi connectivity index (χ3v) is 8.54. The van der Waals surface area contributed by atoms with Crippen LogP contribution in [-0.2, 0) is 26.2 Å². The van der Waals surface area contributed by atoms with E-state index in [-0.39, 0.29) is 38.7 Å². The maximum Gasteiger partial charge on any atom is 0.264 e. The molecule has 2 amide bonds. The van der Waals surface area contributed by atoms with Crippen molar-refractivity contribution in [1.29, 1.82) is 0 Å². The molecule has 0 radical (unpaired) electrons. The van der Waals surface area contributed by atoms with Gasteiger partial charge in [0.05, 0.1) is 20.6 Å². The normalized spacial score (nSPS) is 12.2. The zero-order chi connectivity index (χ0) is 28.7. The summed E-state index contributed by atoms with van der Waals surface area (Å²) in [7, 11) is -4.30. The summed E-state index contributed by atoms with van der Waals surface area (Å²) in [5, 5.41) is 2.81. The minimum atomic E-state index is -4.30. The number of carbonyl (C=O) groups excluding carboxylic acids is 2. The number of carbonyl (C=O) groups is 2. The van der Waals surface area contributed by atoms with Crippen LogP contribution in [0.25, 0.3) is 0 Å². The Morgan fingerprint density at radius 1 is 0.923 bits per heavy atom. The lowest BCUT2D eigenvalue weighted by molar-refractivity contribution is -0.139. The second kappa shape index (κ2) is 13.3. The molecule has 0 aliphatic rings. The van der Waals surface area contributed by atoms with Crippen LogP contribution >= 0.6 is 23.2 Å². The van der Waals surface area contributed by atoms with E-state index >= 15 is 0 Å². The Balaban J connectivity index is 2.05. The summed E-state index contributed by atoms with van der Waals surface area (Å²) < 4.78 is 43.0. The Morgan fingerprint density at radius 3 is 2.21 bits per heavy atom. The van der Waals surface area contributed by atoms with Gasteiger partial charge in [0.15, 0.2) is 0 Å². The molecular weight excluding hydrogens is 564 g/mol. The van der Waals surface area contributed by atoms with Crippen LogP contribution in [0.1, 0.15) is 26.3 Å². The van der Waals surface area contributed by atoms with E-state index in [1.807, 2.05) is 13.8 Å². The molecule has 0 fully saturated rings. The van der Waals surface area contributed by atoms with Gasteiger partial charge in [-0.25, -0.2) is 12.8 Å². The van der Waals surface area contributed by atoms with Gasteiger partial charge < -0.3 is 10.2 Å². The second-order valence-electron chi connectivity index (χ2n) is 9.33. The summed E-state index contributed by atoms with van der Waals surface area (Å²) in [5.74, 6) is -1.59. The average Bonchev–Trinajstić information content (AvgIpc) is 2.91. The van der Waals surface area contributed by atoms with Gasteiger partial charge in [-0.05, 0) is 43.2 Å². The van der Waals surface area contributed by atoms with Crippen LogP contribution in [0.5, 0.6) is 0 Å². The first-order chi connectivity index (χ1) is 18.4. The Labute approximate surface area is 238 Å². The molecule has 11 heteroatoms. The predicted molar refractivity (Wildman–Crippen MR) is 152 cm³/mol. The Kier molecular flexibility index (Phi) is 10.4. The van der Waals surface area contributed by atoms with Crippen molar-refractivity contribution in [2.45, 2.75) is 38.3 Å². The molecular formula is C28H30Cl2FN3O4S. The number of sulfonamides is 1. The van der Waals surface area contributed by atoms with Crippen LogP contribution in [0.3, 0.4) is 0 Å². The van der Waals surface area contributed by atoms with Gasteiger partial charge in [0.2, 0.25) is 11.8 Å². The van der Waals surface area contributed by atoms with Crippen LogP contribution in [0.4, 0.5) is 10.1 Å². The van der Waals surface area contributed by atoms with E-state index in [4.69, 9.17) is 23.2 Å². The quantitative estimate of drug-likeness (QED) is 0.317. The SMILES string of the molecule is CC(C)CNC(=O)[C@@H](C)N(Cc1ccccc1F)C(=O)CN(c1cccc(Cl)c1Cl)S(=O)(=O)c1ccccc1. The molecule has 0 saturated heterocycles. The van der Waals surface area contributed by atoms with Crippen molar-refractivity contribution < 1.29 is 22.4 Å². The number of benzene rings is 3. The van der Waals surface area contributed by atoms with Gasteiger partial charge in [0, 0.05) is 18.7 Å². The monoisotopic (exact) mass is 593 g/mol. The van der Waals surface area contributed by atoms with Gasteiger partial charge in [-0.3, -0.25) is 13.9 Å². The maximum absolute atomic E-state index is 14.6. The standard InChI is InChI=1S/C28H30Cl2FN3O4S/c1-19(2)16-32-28(36)20(3)33(17-21-10-7-8-14-24(21)31)26(35)18-34(25-15-9-13-23(29)27(25)30)39(37,38)22-11-5-4-6-12-22/h4-15,19-20H,16-18H2,1-3H3,(H,32,36)/t20-/m1/s1. The van der Waals surface area contributed by atoms with Crippen LogP contribution in [0, 0.1) is 11.7 Å². The molecule has 1 atom stereocenters. The molecule has 0 saturated carbocycles. The fourth-order valence-corrected chi connectivity index (χ4v) is 5.66. The van der Waals surface area contributed by atoms with Crippen molar-refractivity contribution in [3.63, 3.8) is 0 Å². The smallest absolute Gasteiger partial charge is 0.264 e. The number of rotatable bonds is 11. The van der Waals surface area contributed by atoms with Gasteiger partial charge in [-0.15, -0.1) is 0 Å². The van der Waals surface area contributed by atoms with Crippen LogP contribution in [0.15, 0.2) is 77.7 Å². The molecule has 3 aromatic carbocycles. The summed E-state index contributed by atoms with van der Waals surface area (Å²) >= 11 is 12.6. The fraction of sp³-hybridized carbons (Fsp3) is 0.286. The van der Waals surface area contributed by atoms with Crippen molar-refractivity contribution in [1.82, 2.24) is 10.2 Å². The number of anilines is 1. The molecule has 0 aromatic heterocycles. The third kappa shape index (κ3) is 7.50. The van der Waals surface area contributed by atoms with Gasteiger partial charge in [-0.2, -0.15) is 0 Å². The molecule has 3 rings (SSSR count). The zero-order valence-electron chi connectivity index (χ0n) is 21.8. The van der Waals surface area contributed by atoms with Crippen molar-refractivity contribution >= 4 is 50.7 Å². The summed E-state index contributed by atoms with van der Waals surface area (Å²) in [6, 6.07) is 16.8. The lowest BCUT2D eigenvalue weighted by Gasteiger charge is -2.32. The highest BCUT2D eigenvalue weighted by Gasteiger charge is 2.34. The molecule has 0 spiro atoms. The minimum absolute atomic E-state index is 0.0101. The maximum atomic E-state index is 14.6.